The van der Waals surface area contributed by atoms with Gasteiger partial charge < -0.3 is 9.47 Å². The summed E-state index contributed by atoms with van der Waals surface area (Å²) in [7, 11) is 0. The van der Waals surface area contributed by atoms with E-state index in [1.54, 1.807) is 0 Å². The minimum atomic E-state index is 0.152. The average molecular weight is 244 g/mol. The Labute approximate surface area is 108 Å². The normalized spacial score (nSPS) is 42.6. The number of rotatable bonds is 1. The van der Waals surface area contributed by atoms with Crippen LogP contribution in [0.15, 0.2) is 30.3 Å². The largest absolute Gasteiger partial charge is 0.374 e. The smallest absolute Gasteiger partial charge is 0.0880 e. The second-order valence-corrected chi connectivity index (χ2v) is 5.95. The lowest BCUT2D eigenvalue weighted by molar-refractivity contribution is -0.166. The molecule has 18 heavy (non-hydrogen) atoms. The van der Waals surface area contributed by atoms with Crippen LogP contribution in [0.2, 0.25) is 0 Å². The van der Waals surface area contributed by atoms with Crippen LogP contribution in [0.1, 0.15) is 37.4 Å². The molecule has 3 aliphatic rings. The lowest BCUT2D eigenvalue weighted by Crippen LogP contribution is -2.48. The average Bonchev–Trinajstić information content (AvgIpc) is 3.02. The highest BCUT2D eigenvalue weighted by molar-refractivity contribution is 5.22. The Morgan fingerprint density at radius 3 is 2.89 bits per heavy atom. The SMILES string of the molecule is c1ccc([C@@H]2OC[C@@H]3CCO[C@@]34CCC[C@@H]24)cc1. The van der Waals surface area contributed by atoms with Crippen LogP contribution in [-0.2, 0) is 9.47 Å². The molecule has 0 unspecified atom stereocenters. The van der Waals surface area contributed by atoms with Crippen molar-refractivity contribution >= 4 is 0 Å². The summed E-state index contributed by atoms with van der Waals surface area (Å²) in [6.07, 6.45) is 5.25. The molecule has 4 atom stereocenters. The quantitative estimate of drug-likeness (QED) is 0.754. The molecule has 2 aliphatic heterocycles. The third kappa shape index (κ3) is 1.42. The van der Waals surface area contributed by atoms with Crippen LogP contribution in [0.25, 0.3) is 0 Å². The summed E-state index contributed by atoms with van der Waals surface area (Å²) in [5, 5.41) is 0. The van der Waals surface area contributed by atoms with Gasteiger partial charge in [-0.2, -0.15) is 0 Å². The minimum Gasteiger partial charge on any atom is -0.374 e. The summed E-state index contributed by atoms with van der Waals surface area (Å²) in [5.74, 6) is 1.21. The molecule has 2 heteroatoms. The maximum Gasteiger partial charge on any atom is 0.0880 e. The number of hydrogen-bond donors (Lipinski definition) is 0. The second kappa shape index (κ2) is 4.07. The number of ether oxygens (including phenoxy) is 2. The number of hydrogen-bond acceptors (Lipinski definition) is 2. The maximum absolute atomic E-state index is 6.24. The molecular formula is C16H20O2. The third-order valence-electron chi connectivity index (χ3n) is 5.21. The van der Waals surface area contributed by atoms with E-state index in [2.05, 4.69) is 30.3 Å². The molecule has 1 aromatic carbocycles. The van der Waals surface area contributed by atoms with Crippen LogP contribution in [0.4, 0.5) is 0 Å². The van der Waals surface area contributed by atoms with Crippen LogP contribution in [0.5, 0.6) is 0 Å². The van der Waals surface area contributed by atoms with Crippen LogP contribution in [0.3, 0.4) is 0 Å². The Morgan fingerprint density at radius 2 is 2.00 bits per heavy atom. The molecule has 0 N–H and O–H groups in total. The fourth-order valence-corrected chi connectivity index (χ4v) is 4.41. The summed E-state index contributed by atoms with van der Waals surface area (Å²) in [5.41, 5.74) is 1.48. The van der Waals surface area contributed by atoms with E-state index >= 15 is 0 Å². The van der Waals surface area contributed by atoms with Crippen molar-refractivity contribution < 1.29 is 9.47 Å². The molecular weight excluding hydrogens is 224 g/mol. The Morgan fingerprint density at radius 1 is 1.11 bits per heavy atom. The first-order chi connectivity index (χ1) is 8.90. The van der Waals surface area contributed by atoms with E-state index in [0.717, 1.165) is 13.2 Å². The van der Waals surface area contributed by atoms with Crippen LogP contribution >= 0.6 is 0 Å². The van der Waals surface area contributed by atoms with Crippen molar-refractivity contribution in [3.05, 3.63) is 35.9 Å². The molecule has 4 rings (SSSR count). The van der Waals surface area contributed by atoms with E-state index in [1.165, 1.54) is 31.2 Å². The predicted octanol–water partition coefficient (Wildman–Crippen LogP) is 3.33. The van der Waals surface area contributed by atoms with Gasteiger partial charge in [0.2, 0.25) is 0 Å². The zero-order valence-corrected chi connectivity index (χ0v) is 10.7. The van der Waals surface area contributed by atoms with Gasteiger partial charge in [-0.1, -0.05) is 36.8 Å². The highest BCUT2D eigenvalue weighted by Crippen LogP contribution is 2.57. The van der Waals surface area contributed by atoms with Crippen molar-refractivity contribution in [1.29, 1.82) is 0 Å². The summed E-state index contributed by atoms with van der Waals surface area (Å²) < 4.78 is 12.4. The lowest BCUT2D eigenvalue weighted by atomic mass is 9.73. The van der Waals surface area contributed by atoms with Gasteiger partial charge in [-0.25, -0.2) is 0 Å². The fraction of sp³-hybridized carbons (Fsp3) is 0.625. The van der Waals surface area contributed by atoms with Crippen LogP contribution < -0.4 is 0 Å². The minimum absolute atomic E-state index is 0.152. The van der Waals surface area contributed by atoms with E-state index in [1.807, 2.05) is 0 Å². The first kappa shape index (κ1) is 11.0. The van der Waals surface area contributed by atoms with Crippen molar-refractivity contribution in [3.8, 4) is 0 Å². The molecule has 1 saturated carbocycles. The van der Waals surface area contributed by atoms with Crippen molar-refractivity contribution in [2.24, 2.45) is 11.8 Å². The zero-order valence-electron chi connectivity index (χ0n) is 10.7. The summed E-state index contributed by atoms with van der Waals surface area (Å²) in [4.78, 5) is 0. The van der Waals surface area contributed by atoms with E-state index in [-0.39, 0.29) is 11.7 Å². The second-order valence-electron chi connectivity index (χ2n) is 5.95. The van der Waals surface area contributed by atoms with E-state index in [9.17, 15) is 0 Å². The maximum atomic E-state index is 6.24. The van der Waals surface area contributed by atoms with E-state index < -0.39 is 0 Å². The molecule has 0 bridgehead atoms. The van der Waals surface area contributed by atoms with Crippen molar-refractivity contribution in [2.45, 2.75) is 37.4 Å². The molecule has 1 aromatic rings. The molecule has 2 saturated heterocycles. The zero-order chi connectivity index (χ0) is 12.0. The van der Waals surface area contributed by atoms with Gasteiger partial charge in [-0.3, -0.25) is 0 Å². The van der Waals surface area contributed by atoms with Gasteiger partial charge in [0.05, 0.1) is 18.3 Å². The first-order valence-electron chi connectivity index (χ1n) is 7.21. The van der Waals surface area contributed by atoms with Crippen molar-refractivity contribution in [1.82, 2.24) is 0 Å². The Balaban J connectivity index is 1.71. The third-order valence-corrected chi connectivity index (χ3v) is 5.21. The summed E-state index contributed by atoms with van der Waals surface area (Å²) >= 11 is 0. The molecule has 2 heterocycles. The first-order valence-corrected chi connectivity index (χ1v) is 7.21. The highest BCUT2D eigenvalue weighted by atomic mass is 16.5. The molecule has 3 fully saturated rings. The van der Waals surface area contributed by atoms with Gasteiger partial charge in [0.1, 0.15) is 0 Å². The lowest BCUT2D eigenvalue weighted by Gasteiger charge is -2.45. The van der Waals surface area contributed by atoms with Gasteiger partial charge in [-0.05, 0) is 24.8 Å². The van der Waals surface area contributed by atoms with Crippen molar-refractivity contribution in [2.75, 3.05) is 13.2 Å². The molecule has 0 radical (unpaired) electrons. The van der Waals surface area contributed by atoms with Crippen molar-refractivity contribution in [3.63, 3.8) is 0 Å². The standard InChI is InChI=1S/C16H20O2/c1-2-5-12(6-3-1)15-14-7-4-9-16(14)13(11-17-15)8-10-18-16/h1-3,5-6,13-15H,4,7-11H2/t13-,14-,15-,16-/m0/s1. The fourth-order valence-electron chi connectivity index (χ4n) is 4.41. The van der Waals surface area contributed by atoms with E-state index in [0.29, 0.717) is 11.8 Å². The Kier molecular flexibility index (Phi) is 2.49. The predicted molar refractivity (Wildman–Crippen MR) is 69.3 cm³/mol. The van der Waals surface area contributed by atoms with Gasteiger partial charge in [0.15, 0.2) is 0 Å². The van der Waals surface area contributed by atoms with Gasteiger partial charge in [0, 0.05) is 18.4 Å². The highest BCUT2D eigenvalue weighted by Gasteiger charge is 2.58. The molecule has 0 amide bonds. The van der Waals surface area contributed by atoms with Gasteiger partial charge >= 0.3 is 0 Å². The molecule has 1 spiro atoms. The van der Waals surface area contributed by atoms with Gasteiger partial charge in [-0.15, -0.1) is 0 Å². The number of benzene rings is 1. The molecule has 0 aromatic heterocycles. The Bertz CT molecular complexity index is 426. The Hall–Kier alpha value is -0.860. The monoisotopic (exact) mass is 244 g/mol. The van der Waals surface area contributed by atoms with Crippen LogP contribution in [-0.4, -0.2) is 18.8 Å². The topological polar surface area (TPSA) is 18.5 Å². The van der Waals surface area contributed by atoms with Crippen LogP contribution in [0, 0.1) is 11.8 Å². The van der Waals surface area contributed by atoms with Gasteiger partial charge in [0.25, 0.3) is 0 Å². The molecule has 96 valence electrons. The molecule has 2 nitrogen and oxygen atoms in total. The summed E-state index contributed by atoms with van der Waals surface area (Å²) in [6.45, 7) is 1.82. The summed E-state index contributed by atoms with van der Waals surface area (Å²) in [6, 6.07) is 10.7. The van der Waals surface area contributed by atoms with E-state index in [4.69, 9.17) is 9.47 Å². The molecule has 1 aliphatic carbocycles.